The van der Waals surface area contributed by atoms with E-state index in [0.29, 0.717) is 0 Å². The third kappa shape index (κ3) is 8.36. The lowest BCUT2D eigenvalue weighted by Gasteiger charge is -2.35. The molecule has 1 aliphatic rings. The van der Waals surface area contributed by atoms with E-state index in [9.17, 15) is 26.8 Å². The molecular formula is C31H35F2N3O4S. The van der Waals surface area contributed by atoms with Gasteiger partial charge in [0.05, 0.1) is 11.9 Å². The number of halogens is 2. The van der Waals surface area contributed by atoms with E-state index in [1.807, 2.05) is 60.7 Å². The van der Waals surface area contributed by atoms with E-state index in [2.05, 4.69) is 5.32 Å². The topological polar surface area (TPSA) is 86.8 Å². The van der Waals surface area contributed by atoms with E-state index in [1.54, 1.807) is 0 Å². The number of sulfonamides is 1. The molecule has 41 heavy (non-hydrogen) atoms. The molecular weight excluding hydrogens is 548 g/mol. The minimum atomic E-state index is -4.08. The van der Waals surface area contributed by atoms with E-state index >= 15 is 0 Å². The van der Waals surface area contributed by atoms with Crippen LogP contribution in [0.4, 0.5) is 14.5 Å². The fourth-order valence-electron chi connectivity index (χ4n) is 5.13. The van der Waals surface area contributed by atoms with Gasteiger partial charge in [-0.2, -0.15) is 0 Å². The van der Waals surface area contributed by atoms with E-state index in [0.717, 1.165) is 72.0 Å². The predicted molar refractivity (Wildman–Crippen MR) is 154 cm³/mol. The minimum Gasteiger partial charge on any atom is -0.352 e. The van der Waals surface area contributed by atoms with Crippen molar-refractivity contribution in [3.8, 4) is 0 Å². The molecule has 0 aromatic heterocycles. The number of hydrogen-bond acceptors (Lipinski definition) is 4. The first-order chi connectivity index (χ1) is 19.6. The molecule has 4 rings (SSSR count). The molecule has 2 amide bonds. The van der Waals surface area contributed by atoms with Crippen LogP contribution in [0.5, 0.6) is 0 Å². The molecule has 1 N–H and O–H groups in total. The summed E-state index contributed by atoms with van der Waals surface area (Å²) in [6.45, 7) is -0.649. The minimum absolute atomic E-state index is 0.00194. The van der Waals surface area contributed by atoms with Crippen molar-refractivity contribution >= 4 is 27.5 Å². The molecule has 3 aromatic carbocycles. The summed E-state index contributed by atoms with van der Waals surface area (Å²) in [5, 5.41) is 3.13. The zero-order chi connectivity index (χ0) is 29.4. The molecule has 7 nitrogen and oxygen atoms in total. The monoisotopic (exact) mass is 583 g/mol. The molecule has 0 heterocycles. The van der Waals surface area contributed by atoms with Crippen molar-refractivity contribution in [1.82, 2.24) is 10.2 Å². The highest BCUT2D eigenvalue weighted by Crippen LogP contribution is 2.23. The van der Waals surface area contributed by atoms with Crippen LogP contribution in [0.15, 0.2) is 78.9 Å². The van der Waals surface area contributed by atoms with Crippen molar-refractivity contribution in [2.75, 3.05) is 17.1 Å². The number of carbonyl (C=O) groups excluding carboxylic acids is 2. The molecule has 1 atom stereocenters. The van der Waals surface area contributed by atoms with Crippen LogP contribution in [0.25, 0.3) is 0 Å². The van der Waals surface area contributed by atoms with E-state index in [-0.39, 0.29) is 30.6 Å². The Balaban J connectivity index is 1.71. The highest BCUT2D eigenvalue weighted by Gasteiger charge is 2.34. The summed E-state index contributed by atoms with van der Waals surface area (Å²) in [7, 11) is -4.08. The predicted octanol–water partition coefficient (Wildman–Crippen LogP) is 4.82. The molecule has 1 aliphatic carbocycles. The lowest BCUT2D eigenvalue weighted by Crippen LogP contribution is -2.55. The van der Waals surface area contributed by atoms with E-state index in [1.165, 1.54) is 4.90 Å². The summed E-state index contributed by atoms with van der Waals surface area (Å²) < 4.78 is 53.9. The van der Waals surface area contributed by atoms with E-state index in [4.69, 9.17) is 0 Å². The van der Waals surface area contributed by atoms with Gasteiger partial charge in [0.15, 0.2) is 11.6 Å². The average molecular weight is 584 g/mol. The third-order valence-electron chi connectivity index (χ3n) is 7.29. The summed E-state index contributed by atoms with van der Waals surface area (Å²) in [6, 6.07) is 20.1. The second kappa shape index (κ2) is 13.7. The van der Waals surface area contributed by atoms with Gasteiger partial charge < -0.3 is 10.2 Å². The first-order valence-electron chi connectivity index (χ1n) is 13.7. The van der Waals surface area contributed by atoms with Gasteiger partial charge >= 0.3 is 0 Å². The normalized spacial score (nSPS) is 14.7. The molecule has 10 heteroatoms. The van der Waals surface area contributed by atoms with Crippen molar-refractivity contribution in [1.29, 1.82) is 0 Å². The summed E-state index contributed by atoms with van der Waals surface area (Å²) >= 11 is 0. The van der Waals surface area contributed by atoms with Crippen LogP contribution in [-0.4, -0.2) is 50.0 Å². The largest absolute Gasteiger partial charge is 0.352 e. The maximum atomic E-state index is 14.1. The third-order valence-corrected chi connectivity index (χ3v) is 8.43. The van der Waals surface area contributed by atoms with Crippen LogP contribution in [0.1, 0.15) is 43.2 Å². The van der Waals surface area contributed by atoms with Gasteiger partial charge in [0.2, 0.25) is 21.8 Å². The fourth-order valence-corrected chi connectivity index (χ4v) is 5.97. The fraction of sp³-hybridized carbons (Fsp3) is 0.355. The number of hydrogen-bond donors (Lipinski definition) is 1. The molecule has 1 fully saturated rings. The van der Waals surface area contributed by atoms with Crippen LogP contribution in [0.3, 0.4) is 0 Å². The van der Waals surface area contributed by atoms with Gasteiger partial charge in [0, 0.05) is 25.1 Å². The van der Waals surface area contributed by atoms with Gasteiger partial charge in [0.25, 0.3) is 0 Å². The van der Waals surface area contributed by atoms with Crippen molar-refractivity contribution in [2.45, 2.75) is 57.2 Å². The molecule has 0 radical (unpaired) electrons. The summed E-state index contributed by atoms with van der Waals surface area (Å²) in [4.78, 5) is 29.3. The number of benzene rings is 3. The average Bonchev–Trinajstić information content (AvgIpc) is 2.96. The summed E-state index contributed by atoms with van der Waals surface area (Å²) in [5.74, 6) is -3.34. The van der Waals surface area contributed by atoms with Crippen LogP contribution >= 0.6 is 0 Å². The molecule has 0 spiro atoms. The number of nitrogens with one attached hydrogen (secondary N) is 1. The van der Waals surface area contributed by atoms with Crippen LogP contribution < -0.4 is 9.62 Å². The molecule has 1 saturated carbocycles. The molecule has 0 bridgehead atoms. The first-order valence-corrected chi connectivity index (χ1v) is 15.6. The van der Waals surface area contributed by atoms with Crippen LogP contribution in [0, 0.1) is 11.6 Å². The first kappa shape index (κ1) is 30.2. The van der Waals surface area contributed by atoms with Gasteiger partial charge in [-0.3, -0.25) is 13.9 Å². The number of nitrogens with zero attached hydrogens (tertiary/aromatic N) is 2. The zero-order valence-corrected chi connectivity index (χ0v) is 23.8. The van der Waals surface area contributed by atoms with Crippen molar-refractivity contribution in [3.63, 3.8) is 0 Å². The molecule has 0 aliphatic heterocycles. The standard InChI is InChI=1S/C31H35F2N3O4S/c1-41(39,40)36(26-17-18-27(32)28(33)20-26)22-30(37)35(21-24-13-7-3-8-14-24)29(19-23-11-5-2-6-12-23)31(38)34-25-15-9-4-10-16-25/h2-3,5-8,11-14,17-18,20,25,29H,4,9-10,15-16,19,21-22H2,1H3,(H,34,38)/t29-/m1/s1. The lowest BCUT2D eigenvalue weighted by atomic mass is 9.94. The number of anilines is 1. The Morgan fingerprint density at radius 2 is 1.49 bits per heavy atom. The Kier molecular flexibility index (Phi) is 10.1. The quantitative estimate of drug-likeness (QED) is 0.351. The Labute approximate surface area is 240 Å². The summed E-state index contributed by atoms with van der Waals surface area (Å²) in [5.41, 5.74) is 1.40. The lowest BCUT2D eigenvalue weighted by molar-refractivity contribution is -0.140. The number of amides is 2. The number of carbonyl (C=O) groups is 2. The van der Waals surface area contributed by atoms with Gasteiger partial charge in [-0.15, -0.1) is 0 Å². The zero-order valence-electron chi connectivity index (χ0n) is 23.0. The van der Waals surface area contributed by atoms with Gasteiger partial charge in [0.1, 0.15) is 12.6 Å². The second-order valence-electron chi connectivity index (χ2n) is 10.4. The van der Waals surface area contributed by atoms with Gasteiger partial charge in [-0.1, -0.05) is 79.9 Å². The molecule has 0 unspecified atom stereocenters. The Morgan fingerprint density at radius 1 is 0.878 bits per heavy atom. The van der Waals surface area contributed by atoms with Crippen molar-refractivity contribution in [3.05, 3.63) is 102 Å². The Bertz CT molecular complexity index is 1430. The SMILES string of the molecule is CS(=O)(=O)N(CC(=O)N(Cc1ccccc1)[C@H](Cc1ccccc1)C(=O)NC1CCCCC1)c1ccc(F)c(F)c1. The smallest absolute Gasteiger partial charge is 0.244 e. The molecule has 0 saturated heterocycles. The maximum absolute atomic E-state index is 14.1. The molecule has 218 valence electrons. The van der Waals surface area contributed by atoms with E-state index < -0.39 is 40.2 Å². The van der Waals surface area contributed by atoms with Gasteiger partial charge in [-0.25, -0.2) is 17.2 Å². The van der Waals surface area contributed by atoms with Crippen LogP contribution in [0.2, 0.25) is 0 Å². The van der Waals surface area contributed by atoms with Crippen molar-refractivity contribution in [2.24, 2.45) is 0 Å². The van der Waals surface area contributed by atoms with Crippen LogP contribution in [-0.2, 0) is 32.6 Å². The highest BCUT2D eigenvalue weighted by atomic mass is 32.2. The Morgan fingerprint density at radius 3 is 2.07 bits per heavy atom. The maximum Gasteiger partial charge on any atom is 0.244 e. The van der Waals surface area contributed by atoms with Crippen molar-refractivity contribution < 1.29 is 26.8 Å². The second-order valence-corrected chi connectivity index (χ2v) is 12.3. The van der Waals surface area contributed by atoms with Gasteiger partial charge in [-0.05, 0) is 36.1 Å². The molecule has 3 aromatic rings. The Hall–Kier alpha value is -3.79. The number of rotatable bonds is 11. The summed E-state index contributed by atoms with van der Waals surface area (Å²) in [6.07, 6.45) is 5.95. The highest BCUT2D eigenvalue weighted by molar-refractivity contribution is 7.92.